The number of hydrogen-bond donors (Lipinski definition) is 2. The van der Waals surface area contributed by atoms with Crippen LogP contribution in [0.3, 0.4) is 0 Å². The molecule has 0 aliphatic carbocycles. The molecular formula is C16H19N3O2S. The Bertz CT molecular complexity index is 614. The lowest BCUT2D eigenvalue weighted by Gasteiger charge is -2.19. The largest absolute Gasteiger partial charge is 0.350 e. The van der Waals surface area contributed by atoms with Crippen LogP contribution in [0.5, 0.6) is 0 Å². The average molecular weight is 317 g/mol. The second-order valence-corrected chi connectivity index (χ2v) is 6.02. The van der Waals surface area contributed by atoms with E-state index in [2.05, 4.69) is 15.6 Å². The summed E-state index contributed by atoms with van der Waals surface area (Å²) in [6.07, 6.45) is 3.61. The van der Waals surface area contributed by atoms with Crippen molar-refractivity contribution < 1.29 is 9.59 Å². The standard InChI is InChI=1S/C16H19N3O2S/c1-11(13-5-7-17-8-6-13)18-16(21)10-14(19-12(2)20)15-4-3-9-22-15/h3-9,11,14H,10H2,1-2H3,(H,18,21)(H,19,20)/t11-,14-/m0/s1. The fraction of sp³-hybridized carbons (Fsp3) is 0.312. The zero-order chi connectivity index (χ0) is 15.9. The van der Waals surface area contributed by atoms with Crippen LogP contribution in [-0.4, -0.2) is 16.8 Å². The van der Waals surface area contributed by atoms with E-state index in [9.17, 15) is 9.59 Å². The molecule has 0 aliphatic heterocycles. The predicted octanol–water partition coefficient (Wildman–Crippen LogP) is 2.59. The zero-order valence-electron chi connectivity index (χ0n) is 12.6. The van der Waals surface area contributed by atoms with Crippen LogP contribution in [0.15, 0.2) is 42.0 Å². The van der Waals surface area contributed by atoms with Crippen LogP contribution in [0, 0.1) is 0 Å². The van der Waals surface area contributed by atoms with Crippen LogP contribution in [0.25, 0.3) is 0 Å². The fourth-order valence-electron chi connectivity index (χ4n) is 2.18. The average Bonchev–Trinajstić information content (AvgIpc) is 3.01. The molecule has 5 nitrogen and oxygen atoms in total. The lowest BCUT2D eigenvalue weighted by atomic mass is 10.1. The molecule has 0 saturated carbocycles. The Balaban J connectivity index is 1.98. The minimum absolute atomic E-state index is 0.100. The molecule has 2 atom stereocenters. The molecule has 2 heterocycles. The first kappa shape index (κ1) is 16.2. The van der Waals surface area contributed by atoms with Gasteiger partial charge >= 0.3 is 0 Å². The third kappa shape index (κ3) is 4.66. The molecule has 0 bridgehead atoms. The Morgan fingerprint density at radius 1 is 1.23 bits per heavy atom. The van der Waals surface area contributed by atoms with Gasteiger partial charge in [-0.3, -0.25) is 14.6 Å². The van der Waals surface area contributed by atoms with E-state index >= 15 is 0 Å². The van der Waals surface area contributed by atoms with Gasteiger partial charge in [0.05, 0.1) is 18.5 Å². The van der Waals surface area contributed by atoms with E-state index in [-0.39, 0.29) is 30.3 Å². The first-order valence-electron chi connectivity index (χ1n) is 7.06. The summed E-state index contributed by atoms with van der Waals surface area (Å²) in [6.45, 7) is 3.38. The second kappa shape index (κ2) is 7.70. The highest BCUT2D eigenvalue weighted by Crippen LogP contribution is 2.22. The maximum absolute atomic E-state index is 12.2. The first-order valence-corrected chi connectivity index (χ1v) is 7.94. The van der Waals surface area contributed by atoms with Gasteiger partial charge in [0, 0.05) is 24.2 Å². The van der Waals surface area contributed by atoms with Crippen molar-refractivity contribution in [3.05, 3.63) is 52.5 Å². The van der Waals surface area contributed by atoms with Crippen LogP contribution in [0.1, 0.15) is 42.8 Å². The van der Waals surface area contributed by atoms with Gasteiger partial charge in [-0.15, -0.1) is 11.3 Å². The smallest absolute Gasteiger partial charge is 0.222 e. The van der Waals surface area contributed by atoms with Crippen molar-refractivity contribution in [3.8, 4) is 0 Å². The maximum atomic E-state index is 12.2. The third-order valence-corrected chi connectivity index (χ3v) is 4.22. The molecule has 2 rings (SSSR count). The van der Waals surface area contributed by atoms with E-state index in [0.717, 1.165) is 10.4 Å². The topological polar surface area (TPSA) is 71.1 Å². The number of nitrogens with zero attached hydrogens (tertiary/aromatic N) is 1. The molecule has 2 amide bonds. The molecule has 2 aromatic heterocycles. The Morgan fingerprint density at radius 2 is 1.95 bits per heavy atom. The zero-order valence-corrected chi connectivity index (χ0v) is 13.4. The van der Waals surface area contributed by atoms with E-state index in [0.29, 0.717) is 0 Å². The van der Waals surface area contributed by atoms with Gasteiger partial charge in [-0.05, 0) is 36.1 Å². The summed E-state index contributed by atoms with van der Waals surface area (Å²) in [7, 11) is 0. The number of hydrogen-bond acceptors (Lipinski definition) is 4. The van der Waals surface area contributed by atoms with E-state index in [4.69, 9.17) is 0 Å². The normalized spacial score (nSPS) is 13.2. The van der Waals surface area contributed by atoms with Crippen LogP contribution in [-0.2, 0) is 9.59 Å². The molecule has 0 aliphatic rings. The highest BCUT2D eigenvalue weighted by molar-refractivity contribution is 7.10. The molecule has 116 valence electrons. The van der Waals surface area contributed by atoms with Crippen molar-refractivity contribution in [2.75, 3.05) is 0 Å². The number of thiophene rings is 1. The third-order valence-electron chi connectivity index (χ3n) is 3.24. The van der Waals surface area contributed by atoms with Crippen LogP contribution in [0.2, 0.25) is 0 Å². The molecule has 0 radical (unpaired) electrons. The molecule has 0 saturated heterocycles. The summed E-state index contributed by atoms with van der Waals surface area (Å²) in [4.78, 5) is 28.5. The van der Waals surface area contributed by atoms with Crippen LogP contribution in [0.4, 0.5) is 0 Å². The molecule has 0 aromatic carbocycles. The molecule has 0 fully saturated rings. The number of rotatable bonds is 6. The fourth-order valence-corrected chi connectivity index (χ4v) is 2.96. The van der Waals surface area contributed by atoms with E-state index in [1.54, 1.807) is 12.4 Å². The van der Waals surface area contributed by atoms with Crippen LogP contribution >= 0.6 is 11.3 Å². The lowest BCUT2D eigenvalue weighted by Crippen LogP contribution is -2.33. The number of carbonyl (C=O) groups is 2. The summed E-state index contributed by atoms with van der Waals surface area (Å²) >= 11 is 1.53. The number of nitrogens with one attached hydrogen (secondary N) is 2. The maximum Gasteiger partial charge on any atom is 0.222 e. The first-order chi connectivity index (χ1) is 10.6. The van der Waals surface area contributed by atoms with E-state index in [1.165, 1.54) is 18.3 Å². The Hall–Kier alpha value is -2.21. The molecule has 22 heavy (non-hydrogen) atoms. The molecule has 0 spiro atoms. The van der Waals surface area contributed by atoms with Gasteiger partial charge < -0.3 is 10.6 Å². The van der Waals surface area contributed by atoms with Crippen molar-refractivity contribution in [2.24, 2.45) is 0 Å². The van der Waals surface area contributed by atoms with Crippen molar-refractivity contribution in [3.63, 3.8) is 0 Å². The van der Waals surface area contributed by atoms with Gasteiger partial charge in [0.2, 0.25) is 11.8 Å². The van der Waals surface area contributed by atoms with Crippen molar-refractivity contribution in [2.45, 2.75) is 32.4 Å². The predicted molar refractivity (Wildman–Crippen MR) is 86.3 cm³/mol. The van der Waals surface area contributed by atoms with Gasteiger partial charge in [-0.25, -0.2) is 0 Å². The number of carbonyl (C=O) groups excluding carboxylic acids is 2. The monoisotopic (exact) mass is 317 g/mol. The highest BCUT2D eigenvalue weighted by atomic mass is 32.1. The lowest BCUT2D eigenvalue weighted by molar-refractivity contribution is -0.123. The van der Waals surface area contributed by atoms with Gasteiger partial charge in [-0.1, -0.05) is 6.07 Å². The molecule has 0 unspecified atom stereocenters. The van der Waals surface area contributed by atoms with Gasteiger partial charge in [0.15, 0.2) is 0 Å². The quantitative estimate of drug-likeness (QED) is 0.860. The van der Waals surface area contributed by atoms with E-state index in [1.807, 2.05) is 36.6 Å². The number of amides is 2. The van der Waals surface area contributed by atoms with Crippen molar-refractivity contribution in [1.29, 1.82) is 0 Å². The van der Waals surface area contributed by atoms with E-state index < -0.39 is 0 Å². The van der Waals surface area contributed by atoms with Crippen molar-refractivity contribution >= 4 is 23.2 Å². The molecule has 6 heteroatoms. The Morgan fingerprint density at radius 3 is 2.55 bits per heavy atom. The molecular weight excluding hydrogens is 298 g/mol. The van der Waals surface area contributed by atoms with Crippen LogP contribution < -0.4 is 10.6 Å². The molecule has 2 N–H and O–H groups in total. The summed E-state index contributed by atoms with van der Waals surface area (Å²) in [6, 6.07) is 7.18. The number of pyridine rings is 1. The Kier molecular flexibility index (Phi) is 5.66. The summed E-state index contributed by atoms with van der Waals surface area (Å²) in [5.41, 5.74) is 0.996. The minimum Gasteiger partial charge on any atom is -0.350 e. The second-order valence-electron chi connectivity index (χ2n) is 5.04. The van der Waals surface area contributed by atoms with Gasteiger partial charge in [0.25, 0.3) is 0 Å². The minimum atomic E-state index is -0.290. The van der Waals surface area contributed by atoms with Gasteiger partial charge in [0.1, 0.15) is 0 Å². The summed E-state index contributed by atoms with van der Waals surface area (Å²) in [5.74, 6) is -0.246. The summed E-state index contributed by atoms with van der Waals surface area (Å²) < 4.78 is 0. The van der Waals surface area contributed by atoms with Crippen molar-refractivity contribution in [1.82, 2.24) is 15.6 Å². The summed E-state index contributed by atoms with van der Waals surface area (Å²) in [5, 5.41) is 7.71. The molecule has 2 aromatic rings. The Labute approximate surface area is 133 Å². The SMILES string of the molecule is CC(=O)N[C@@H](CC(=O)N[C@@H](C)c1ccncc1)c1cccs1. The highest BCUT2D eigenvalue weighted by Gasteiger charge is 2.19. The number of aromatic nitrogens is 1. The van der Waals surface area contributed by atoms with Gasteiger partial charge in [-0.2, -0.15) is 0 Å².